The number of hydrogen-bond acceptors (Lipinski definition) is 5. The van der Waals surface area contributed by atoms with Gasteiger partial charge in [-0.3, -0.25) is 14.8 Å². The zero-order chi connectivity index (χ0) is 26.9. The fourth-order valence-corrected chi connectivity index (χ4v) is 4.79. The highest BCUT2D eigenvalue weighted by molar-refractivity contribution is 9.10. The van der Waals surface area contributed by atoms with Gasteiger partial charge in [0.05, 0.1) is 17.8 Å². The van der Waals surface area contributed by atoms with Crippen LogP contribution in [-0.4, -0.2) is 37.6 Å². The number of imidazole rings is 1. The highest BCUT2D eigenvalue weighted by Gasteiger charge is 2.27. The molecule has 1 unspecified atom stereocenters. The zero-order valence-corrected chi connectivity index (χ0v) is 22.6. The SMILES string of the molecule is CCCCc1nc(Cl)c(CNC(=O)C(Cc2ccccc2)C(=O)NO)n1Cc1ccc(C(=O)O)c(Br)c1. The molecule has 196 valence electrons. The van der Waals surface area contributed by atoms with Crippen molar-refractivity contribution in [1.29, 1.82) is 0 Å². The van der Waals surface area contributed by atoms with Gasteiger partial charge in [0.25, 0.3) is 5.91 Å². The van der Waals surface area contributed by atoms with Crippen LogP contribution in [0.15, 0.2) is 53.0 Å². The van der Waals surface area contributed by atoms with E-state index in [0.717, 1.165) is 29.8 Å². The number of unbranched alkanes of at least 4 members (excludes halogenated alkanes) is 1. The molecule has 11 heteroatoms. The highest BCUT2D eigenvalue weighted by Crippen LogP contribution is 2.24. The molecule has 1 heterocycles. The molecule has 0 bridgehead atoms. The second-order valence-corrected chi connectivity index (χ2v) is 9.72. The number of benzene rings is 2. The summed E-state index contributed by atoms with van der Waals surface area (Å²) in [6.07, 6.45) is 2.61. The van der Waals surface area contributed by atoms with E-state index in [9.17, 15) is 24.7 Å². The number of nitrogens with one attached hydrogen (secondary N) is 2. The number of hydroxylamine groups is 1. The van der Waals surface area contributed by atoms with Crippen molar-refractivity contribution in [2.75, 3.05) is 0 Å². The lowest BCUT2D eigenvalue weighted by Crippen LogP contribution is -2.41. The Labute approximate surface area is 227 Å². The lowest BCUT2D eigenvalue weighted by molar-refractivity contribution is -0.140. The van der Waals surface area contributed by atoms with Gasteiger partial charge >= 0.3 is 5.97 Å². The molecule has 4 N–H and O–H groups in total. The van der Waals surface area contributed by atoms with Gasteiger partial charge in [0.2, 0.25) is 5.91 Å². The Morgan fingerprint density at radius 2 is 1.84 bits per heavy atom. The second-order valence-electron chi connectivity index (χ2n) is 8.51. The van der Waals surface area contributed by atoms with E-state index in [-0.39, 0.29) is 23.7 Å². The van der Waals surface area contributed by atoms with Gasteiger partial charge in [-0.2, -0.15) is 0 Å². The third-order valence-electron chi connectivity index (χ3n) is 5.92. The Morgan fingerprint density at radius 3 is 2.46 bits per heavy atom. The van der Waals surface area contributed by atoms with Gasteiger partial charge in [0.15, 0.2) is 5.15 Å². The van der Waals surface area contributed by atoms with Crippen molar-refractivity contribution in [2.24, 2.45) is 5.92 Å². The van der Waals surface area contributed by atoms with Crippen molar-refractivity contribution >= 4 is 45.3 Å². The van der Waals surface area contributed by atoms with Crippen LogP contribution >= 0.6 is 27.5 Å². The maximum absolute atomic E-state index is 13.0. The van der Waals surface area contributed by atoms with Crippen LogP contribution in [0.3, 0.4) is 0 Å². The molecular weight excluding hydrogens is 564 g/mol. The summed E-state index contributed by atoms with van der Waals surface area (Å²) < 4.78 is 2.35. The first-order valence-corrected chi connectivity index (χ1v) is 12.9. The number of carboxylic acid groups (broad SMARTS) is 1. The molecule has 0 fully saturated rings. The van der Waals surface area contributed by atoms with Crippen LogP contribution in [0.4, 0.5) is 0 Å². The number of halogens is 2. The average molecular weight is 592 g/mol. The molecule has 0 saturated carbocycles. The van der Waals surface area contributed by atoms with E-state index in [1.165, 1.54) is 6.07 Å². The molecule has 0 radical (unpaired) electrons. The Balaban J connectivity index is 1.85. The normalized spacial score (nSPS) is 11.7. The van der Waals surface area contributed by atoms with Gasteiger partial charge in [-0.05, 0) is 52.0 Å². The van der Waals surface area contributed by atoms with E-state index in [4.69, 9.17) is 11.6 Å². The van der Waals surface area contributed by atoms with Gasteiger partial charge < -0.3 is 15.0 Å². The lowest BCUT2D eigenvalue weighted by Gasteiger charge is -2.17. The van der Waals surface area contributed by atoms with Crippen LogP contribution in [0.1, 0.15) is 52.8 Å². The van der Waals surface area contributed by atoms with Crippen LogP contribution in [0, 0.1) is 5.92 Å². The summed E-state index contributed by atoms with van der Waals surface area (Å²) in [6.45, 7) is 2.43. The maximum Gasteiger partial charge on any atom is 0.336 e. The molecule has 0 aliphatic carbocycles. The fourth-order valence-electron chi connectivity index (χ4n) is 3.93. The number of rotatable bonds is 12. The van der Waals surface area contributed by atoms with Crippen molar-refractivity contribution in [3.05, 3.63) is 86.4 Å². The van der Waals surface area contributed by atoms with Crippen molar-refractivity contribution in [3.8, 4) is 0 Å². The third kappa shape index (κ3) is 7.41. The summed E-state index contributed by atoms with van der Waals surface area (Å²) in [6, 6.07) is 14.0. The monoisotopic (exact) mass is 590 g/mol. The number of hydrogen-bond donors (Lipinski definition) is 4. The second kappa shape index (κ2) is 13.4. The predicted molar refractivity (Wildman–Crippen MR) is 141 cm³/mol. The summed E-state index contributed by atoms with van der Waals surface area (Å²) >= 11 is 9.80. The molecule has 2 amide bonds. The fraction of sp³-hybridized carbons (Fsp3) is 0.308. The molecule has 3 rings (SSSR count). The minimum absolute atomic E-state index is 0.00910. The Morgan fingerprint density at radius 1 is 1.11 bits per heavy atom. The topological polar surface area (TPSA) is 134 Å². The van der Waals surface area contributed by atoms with Crippen molar-refractivity contribution in [2.45, 2.75) is 45.7 Å². The Hall–Kier alpha value is -3.21. The molecular formula is C26H28BrClN4O5. The van der Waals surface area contributed by atoms with E-state index in [1.807, 2.05) is 10.6 Å². The smallest absolute Gasteiger partial charge is 0.336 e. The number of amides is 2. The number of carboxylic acids is 1. The summed E-state index contributed by atoms with van der Waals surface area (Å²) in [5.41, 5.74) is 3.87. The van der Waals surface area contributed by atoms with Gasteiger partial charge in [0, 0.05) is 17.4 Å². The molecule has 0 spiro atoms. The molecule has 0 saturated heterocycles. The molecule has 3 aromatic rings. The van der Waals surface area contributed by atoms with Crippen LogP contribution < -0.4 is 10.8 Å². The van der Waals surface area contributed by atoms with E-state index >= 15 is 0 Å². The summed E-state index contributed by atoms with van der Waals surface area (Å²) in [5, 5.41) is 21.5. The number of aryl methyl sites for hydroxylation is 1. The zero-order valence-electron chi connectivity index (χ0n) is 20.2. The van der Waals surface area contributed by atoms with E-state index < -0.39 is 23.7 Å². The van der Waals surface area contributed by atoms with Crippen molar-refractivity contribution in [3.63, 3.8) is 0 Å². The van der Waals surface area contributed by atoms with Gasteiger partial charge in [-0.25, -0.2) is 15.3 Å². The molecule has 37 heavy (non-hydrogen) atoms. The van der Waals surface area contributed by atoms with Crippen LogP contribution in [0.25, 0.3) is 0 Å². The van der Waals surface area contributed by atoms with E-state index in [2.05, 4.69) is 33.2 Å². The first kappa shape index (κ1) is 28.4. The van der Waals surface area contributed by atoms with E-state index in [1.54, 1.807) is 41.9 Å². The van der Waals surface area contributed by atoms with Crippen LogP contribution in [0.2, 0.25) is 5.15 Å². The minimum atomic E-state index is -1.15. The highest BCUT2D eigenvalue weighted by atomic mass is 79.9. The Kier molecular flexibility index (Phi) is 10.2. The first-order valence-electron chi connectivity index (χ1n) is 11.8. The molecule has 2 aromatic carbocycles. The van der Waals surface area contributed by atoms with Gasteiger partial charge in [-0.15, -0.1) is 0 Å². The average Bonchev–Trinajstić information content (AvgIpc) is 3.17. The molecule has 9 nitrogen and oxygen atoms in total. The number of nitrogens with zero attached hydrogens (tertiary/aromatic N) is 2. The molecule has 1 atom stereocenters. The maximum atomic E-state index is 13.0. The summed E-state index contributed by atoms with van der Waals surface area (Å²) in [7, 11) is 0. The standard InChI is InChI=1S/C26H28BrClN4O5/c1-2-3-9-22-30-23(28)21(32(22)15-17-10-11-18(26(35)36)20(27)13-17)14-29-24(33)19(25(34)31-37)12-16-7-5-4-6-8-16/h4-8,10-11,13,19,37H,2-3,9,12,14-15H2,1H3,(H,29,33)(H,31,34)(H,35,36). The first-order chi connectivity index (χ1) is 17.7. The number of aromatic nitrogens is 2. The number of carbonyl (C=O) groups excluding carboxylic acids is 2. The molecule has 0 aliphatic rings. The number of aromatic carboxylic acids is 1. The minimum Gasteiger partial charge on any atom is -0.478 e. The van der Waals surface area contributed by atoms with Crippen LogP contribution in [0.5, 0.6) is 0 Å². The van der Waals surface area contributed by atoms with E-state index in [0.29, 0.717) is 23.1 Å². The van der Waals surface area contributed by atoms with Crippen LogP contribution in [-0.2, 0) is 35.5 Å². The molecule has 1 aromatic heterocycles. The van der Waals surface area contributed by atoms with Gasteiger partial charge in [-0.1, -0.05) is 61.3 Å². The lowest BCUT2D eigenvalue weighted by atomic mass is 9.98. The Bertz CT molecular complexity index is 1270. The summed E-state index contributed by atoms with van der Waals surface area (Å²) in [4.78, 5) is 41.1. The van der Waals surface area contributed by atoms with Crippen molar-refractivity contribution in [1.82, 2.24) is 20.3 Å². The number of carbonyl (C=O) groups is 3. The predicted octanol–water partition coefficient (Wildman–Crippen LogP) is 4.37. The van der Waals surface area contributed by atoms with Gasteiger partial charge in [0.1, 0.15) is 11.7 Å². The third-order valence-corrected chi connectivity index (χ3v) is 6.88. The quantitative estimate of drug-likeness (QED) is 0.140. The largest absolute Gasteiger partial charge is 0.478 e. The molecule has 0 aliphatic heterocycles. The van der Waals surface area contributed by atoms with Crippen molar-refractivity contribution < 1.29 is 24.7 Å². The summed E-state index contributed by atoms with van der Waals surface area (Å²) in [5.74, 6) is -2.82.